The van der Waals surface area contributed by atoms with E-state index in [4.69, 9.17) is 11.6 Å². The summed E-state index contributed by atoms with van der Waals surface area (Å²) in [7, 11) is 0. The second-order valence-electron chi connectivity index (χ2n) is 6.30. The van der Waals surface area contributed by atoms with Crippen molar-refractivity contribution in [1.29, 1.82) is 0 Å². The lowest BCUT2D eigenvalue weighted by atomic mass is 10.0. The average Bonchev–Trinajstić information content (AvgIpc) is 3.38. The van der Waals surface area contributed by atoms with Crippen molar-refractivity contribution in [2.24, 2.45) is 0 Å². The lowest BCUT2D eigenvalue weighted by molar-refractivity contribution is -0.113. The second kappa shape index (κ2) is 7.01. The van der Waals surface area contributed by atoms with Crippen LogP contribution in [0.4, 0.5) is 10.1 Å². The Morgan fingerprint density at radius 1 is 1.37 bits per heavy atom. The van der Waals surface area contributed by atoms with Crippen LogP contribution in [0.5, 0.6) is 0 Å². The maximum Gasteiger partial charge on any atom is 0.239 e. The number of H-pyrrole nitrogens is 1. The lowest BCUT2D eigenvalue weighted by Crippen LogP contribution is -2.18. The van der Waals surface area contributed by atoms with E-state index in [0.717, 1.165) is 18.4 Å². The molecule has 27 heavy (non-hydrogen) atoms. The molecule has 138 valence electrons. The zero-order valence-electron chi connectivity index (χ0n) is 13.9. The van der Waals surface area contributed by atoms with E-state index in [1.165, 1.54) is 18.3 Å². The molecule has 4 rings (SSSR count). The molecule has 1 saturated carbocycles. The third-order valence-corrected chi connectivity index (χ3v) is 5.32. The van der Waals surface area contributed by atoms with Gasteiger partial charge in [-0.05, 0) is 58.5 Å². The van der Waals surface area contributed by atoms with Crippen molar-refractivity contribution in [2.75, 3.05) is 11.2 Å². The molecular weight excluding hydrogens is 439 g/mol. The highest BCUT2D eigenvalue weighted by molar-refractivity contribution is 9.10. The van der Waals surface area contributed by atoms with Crippen LogP contribution in [0.1, 0.15) is 40.4 Å². The smallest absolute Gasteiger partial charge is 0.239 e. The summed E-state index contributed by atoms with van der Waals surface area (Å²) in [6.07, 6.45) is 3.45. The van der Waals surface area contributed by atoms with Crippen molar-refractivity contribution in [3.05, 3.63) is 51.6 Å². The normalized spacial score (nSPS) is 13.7. The van der Waals surface area contributed by atoms with Crippen LogP contribution >= 0.6 is 27.5 Å². The first-order valence-electron chi connectivity index (χ1n) is 8.22. The molecule has 3 aromatic rings. The third kappa shape index (κ3) is 3.35. The van der Waals surface area contributed by atoms with E-state index in [9.17, 15) is 14.0 Å². The van der Waals surface area contributed by atoms with Crippen LogP contribution in [0.15, 0.2) is 29.0 Å². The fourth-order valence-electron chi connectivity index (χ4n) is 2.97. The fraction of sp³-hybridized carbons (Fsp3) is 0.222. The van der Waals surface area contributed by atoms with Crippen LogP contribution in [0.25, 0.3) is 10.9 Å². The highest BCUT2D eigenvalue weighted by atomic mass is 79.9. The molecule has 1 amide bonds. The first-order chi connectivity index (χ1) is 13.0. The minimum Gasteiger partial charge on any atom is -0.323 e. The number of amides is 1. The molecule has 1 aliphatic carbocycles. The Labute approximate surface area is 166 Å². The molecule has 9 heteroatoms. The number of hydrogen-bond donors (Lipinski definition) is 2. The van der Waals surface area contributed by atoms with Gasteiger partial charge in [0.05, 0.1) is 11.9 Å². The van der Waals surface area contributed by atoms with Crippen LogP contribution in [0, 0.1) is 5.82 Å². The Bertz CT molecular complexity index is 1080. The van der Waals surface area contributed by atoms with Crippen LogP contribution in [0.2, 0.25) is 0 Å². The number of pyridine rings is 1. The van der Waals surface area contributed by atoms with Crippen molar-refractivity contribution in [3.8, 4) is 0 Å². The number of anilines is 1. The van der Waals surface area contributed by atoms with Gasteiger partial charge in [-0.25, -0.2) is 9.37 Å². The maximum absolute atomic E-state index is 13.9. The number of ketones is 1. The highest BCUT2D eigenvalue weighted by Crippen LogP contribution is 2.44. The molecule has 0 saturated heterocycles. The summed E-state index contributed by atoms with van der Waals surface area (Å²) in [5.74, 6) is -1.29. The Morgan fingerprint density at radius 2 is 2.15 bits per heavy atom. The third-order valence-electron chi connectivity index (χ3n) is 4.44. The number of aromatic amines is 1. The van der Waals surface area contributed by atoms with E-state index in [1.54, 1.807) is 6.07 Å². The number of fused-ring (bicyclic) bond motifs is 1. The number of carbonyl (C=O) groups is 2. The van der Waals surface area contributed by atoms with Gasteiger partial charge in [0.25, 0.3) is 0 Å². The minimum atomic E-state index is -0.507. The fourth-order valence-corrected chi connectivity index (χ4v) is 3.65. The van der Waals surface area contributed by atoms with Crippen LogP contribution in [-0.2, 0) is 4.79 Å². The Kier molecular flexibility index (Phi) is 4.69. The summed E-state index contributed by atoms with van der Waals surface area (Å²) in [6.45, 7) is 0. The Hall–Kier alpha value is -2.32. The zero-order chi connectivity index (χ0) is 19.1. The molecule has 1 fully saturated rings. The Morgan fingerprint density at radius 3 is 2.85 bits per heavy atom. The van der Waals surface area contributed by atoms with Gasteiger partial charge in [0.1, 0.15) is 27.5 Å². The number of hydrogen-bond acceptors (Lipinski definition) is 4. The van der Waals surface area contributed by atoms with E-state index in [0.29, 0.717) is 15.9 Å². The summed E-state index contributed by atoms with van der Waals surface area (Å²) in [5.41, 5.74) is 1.65. The quantitative estimate of drug-likeness (QED) is 0.347. The highest BCUT2D eigenvalue weighted by Gasteiger charge is 2.29. The average molecular weight is 452 g/mol. The summed E-state index contributed by atoms with van der Waals surface area (Å²) in [5, 5.41) is 9.34. The number of alkyl halides is 1. The topological polar surface area (TPSA) is 87.7 Å². The number of nitrogens with zero attached hydrogens (tertiary/aromatic N) is 2. The molecule has 1 aliphatic rings. The van der Waals surface area contributed by atoms with Crippen LogP contribution < -0.4 is 5.32 Å². The molecule has 0 unspecified atom stereocenters. The molecular formula is C18H13BrClFN4O2. The van der Waals surface area contributed by atoms with Gasteiger partial charge in [0.15, 0.2) is 0 Å². The molecule has 0 bridgehead atoms. The molecule has 2 aromatic heterocycles. The largest absolute Gasteiger partial charge is 0.323 e. The van der Waals surface area contributed by atoms with Gasteiger partial charge < -0.3 is 5.32 Å². The number of halogens is 3. The zero-order valence-corrected chi connectivity index (χ0v) is 16.2. The van der Waals surface area contributed by atoms with E-state index < -0.39 is 17.5 Å². The summed E-state index contributed by atoms with van der Waals surface area (Å²) < 4.78 is 14.5. The van der Waals surface area contributed by atoms with E-state index in [1.807, 2.05) is 0 Å². The molecule has 2 heterocycles. The summed E-state index contributed by atoms with van der Waals surface area (Å²) in [4.78, 5) is 29.4. The van der Waals surface area contributed by atoms with Gasteiger partial charge in [-0.15, -0.1) is 11.6 Å². The standard InChI is InChI=1S/C18H13BrClFN4O2/c19-18-10(8-1-2-8)5-13(23-14(26)6-20)16(24-18)17(27)9-3-4-12(21)15-11(9)7-22-25-15/h3-5,7-8H,1-2,6H2,(H,22,25)(H,23,26). The summed E-state index contributed by atoms with van der Waals surface area (Å²) >= 11 is 9.02. The minimum absolute atomic E-state index is 0.0545. The van der Waals surface area contributed by atoms with Gasteiger partial charge in [-0.3, -0.25) is 14.7 Å². The molecule has 6 nitrogen and oxygen atoms in total. The van der Waals surface area contributed by atoms with Gasteiger partial charge >= 0.3 is 0 Å². The van der Waals surface area contributed by atoms with E-state index >= 15 is 0 Å². The van der Waals surface area contributed by atoms with Crippen molar-refractivity contribution in [2.45, 2.75) is 18.8 Å². The first kappa shape index (κ1) is 18.1. The van der Waals surface area contributed by atoms with Crippen LogP contribution in [0.3, 0.4) is 0 Å². The predicted octanol–water partition coefficient (Wildman–Crippen LogP) is 4.15. The number of rotatable bonds is 5. The Balaban J connectivity index is 1.84. The first-order valence-corrected chi connectivity index (χ1v) is 9.55. The molecule has 0 radical (unpaired) electrons. The number of benzene rings is 1. The maximum atomic E-state index is 13.9. The van der Waals surface area contributed by atoms with Gasteiger partial charge in [-0.2, -0.15) is 5.10 Å². The molecule has 0 atom stereocenters. The van der Waals surface area contributed by atoms with Crippen molar-refractivity contribution in [1.82, 2.24) is 15.2 Å². The summed E-state index contributed by atoms with van der Waals surface area (Å²) in [6, 6.07) is 4.33. The van der Waals surface area contributed by atoms with Crippen LogP contribution in [-0.4, -0.2) is 32.8 Å². The molecule has 1 aromatic carbocycles. The molecule has 0 spiro atoms. The number of carbonyl (C=O) groups excluding carboxylic acids is 2. The van der Waals surface area contributed by atoms with Gasteiger partial charge in [0, 0.05) is 10.9 Å². The SMILES string of the molecule is O=C(CCl)Nc1cc(C2CC2)c(Br)nc1C(=O)c1ccc(F)c2[nH]ncc12. The van der Waals surface area contributed by atoms with Crippen molar-refractivity contribution in [3.63, 3.8) is 0 Å². The van der Waals surface area contributed by atoms with Gasteiger partial charge in [-0.1, -0.05) is 0 Å². The predicted molar refractivity (Wildman–Crippen MR) is 103 cm³/mol. The van der Waals surface area contributed by atoms with E-state index in [2.05, 4.69) is 36.4 Å². The lowest BCUT2D eigenvalue weighted by Gasteiger charge is -2.13. The van der Waals surface area contributed by atoms with Crippen molar-refractivity contribution >= 4 is 55.8 Å². The van der Waals surface area contributed by atoms with E-state index in [-0.39, 0.29) is 28.3 Å². The molecule has 2 N–H and O–H groups in total. The second-order valence-corrected chi connectivity index (χ2v) is 7.32. The number of nitrogens with one attached hydrogen (secondary N) is 2. The number of aromatic nitrogens is 3. The van der Waals surface area contributed by atoms with Crippen molar-refractivity contribution < 1.29 is 14.0 Å². The van der Waals surface area contributed by atoms with Gasteiger partial charge in [0.2, 0.25) is 11.7 Å². The monoisotopic (exact) mass is 450 g/mol. The molecule has 0 aliphatic heterocycles.